The van der Waals surface area contributed by atoms with Crippen LogP contribution in [0.15, 0.2) is 42.5 Å². The van der Waals surface area contributed by atoms with Gasteiger partial charge in [0.15, 0.2) is 17.5 Å². The van der Waals surface area contributed by atoms with Gasteiger partial charge >= 0.3 is 0 Å². The molecular formula is C15H12F3NO2. The lowest BCUT2D eigenvalue weighted by molar-refractivity contribution is 0.0915. The van der Waals surface area contributed by atoms with Gasteiger partial charge in [0.05, 0.1) is 12.6 Å². The highest BCUT2D eigenvalue weighted by molar-refractivity contribution is 5.94. The van der Waals surface area contributed by atoms with Gasteiger partial charge in [-0.3, -0.25) is 4.79 Å². The van der Waals surface area contributed by atoms with Crippen molar-refractivity contribution >= 4 is 5.91 Å². The maximum Gasteiger partial charge on any atom is 0.252 e. The molecule has 110 valence electrons. The van der Waals surface area contributed by atoms with E-state index in [-0.39, 0.29) is 12.2 Å². The molecule has 0 spiro atoms. The Bertz CT molecular complexity index is 624. The fourth-order valence-electron chi connectivity index (χ4n) is 1.85. The summed E-state index contributed by atoms with van der Waals surface area (Å²) < 4.78 is 39.0. The van der Waals surface area contributed by atoms with Gasteiger partial charge in [-0.1, -0.05) is 30.3 Å². The van der Waals surface area contributed by atoms with E-state index in [1.807, 2.05) is 0 Å². The number of benzene rings is 2. The molecular weight excluding hydrogens is 283 g/mol. The molecule has 0 heterocycles. The molecule has 0 bridgehead atoms. The van der Waals surface area contributed by atoms with Gasteiger partial charge in [-0.05, 0) is 17.7 Å². The molecule has 6 heteroatoms. The normalized spacial score (nSPS) is 12.0. The summed E-state index contributed by atoms with van der Waals surface area (Å²) in [5.74, 6) is -5.33. The van der Waals surface area contributed by atoms with Crippen LogP contribution in [0.25, 0.3) is 0 Å². The lowest BCUT2D eigenvalue weighted by atomic mass is 10.1. The molecule has 0 aliphatic rings. The summed E-state index contributed by atoms with van der Waals surface area (Å²) in [6, 6.07) is 9.07. The molecule has 1 atom stereocenters. The van der Waals surface area contributed by atoms with E-state index >= 15 is 0 Å². The first-order valence-corrected chi connectivity index (χ1v) is 6.14. The van der Waals surface area contributed by atoms with Crippen molar-refractivity contribution in [3.8, 4) is 0 Å². The smallest absolute Gasteiger partial charge is 0.252 e. The van der Waals surface area contributed by atoms with E-state index < -0.39 is 29.4 Å². The molecule has 2 N–H and O–H groups in total. The van der Waals surface area contributed by atoms with E-state index in [9.17, 15) is 23.1 Å². The van der Waals surface area contributed by atoms with Gasteiger partial charge in [0, 0.05) is 5.56 Å². The van der Waals surface area contributed by atoms with Crippen LogP contribution >= 0.6 is 0 Å². The molecule has 2 rings (SSSR count). The highest BCUT2D eigenvalue weighted by Gasteiger charge is 2.18. The molecule has 0 aliphatic heterocycles. The van der Waals surface area contributed by atoms with Gasteiger partial charge in [-0.15, -0.1) is 0 Å². The Labute approximate surface area is 119 Å². The van der Waals surface area contributed by atoms with E-state index in [1.165, 1.54) is 0 Å². The van der Waals surface area contributed by atoms with Gasteiger partial charge in [0.25, 0.3) is 5.91 Å². The predicted octanol–water partition coefficient (Wildman–Crippen LogP) is 2.57. The van der Waals surface area contributed by atoms with Crippen molar-refractivity contribution in [2.24, 2.45) is 0 Å². The first-order valence-electron chi connectivity index (χ1n) is 6.14. The van der Waals surface area contributed by atoms with E-state index in [1.54, 1.807) is 30.3 Å². The zero-order valence-corrected chi connectivity index (χ0v) is 10.8. The molecule has 1 amide bonds. The number of aliphatic hydroxyl groups excluding tert-OH is 1. The minimum absolute atomic E-state index is 0.360. The Morgan fingerprint density at radius 1 is 1.10 bits per heavy atom. The Morgan fingerprint density at radius 2 is 1.67 bits per heavy atom. The molecule has 2 aromatic carbocycles. The molecule has 21 heavy (non-hydrogen) atoms. The first-order chi connectivity index (χ1) is 10.0. The van der Waals surface area contributed by atoms with Crippen LogP contribution in [0.5, 0.6) is 0 Å². The van der Waals surface area contributed by atoms with Gasteiger partial charge in [0.1, 0.15) is 0 Å². The van der Waals surface area contributed by atoms with Crippen LogP contribution in [0.1, 0.15) is 22.0 Å². The number of carbonyl (C=O) groups excluding carboxylic acids is 1. The summed E-state index contributed by atoms with van der Waals surface area (Å²) in [6.45, 7) is -0.387. The number of hydrogen-bond donors (Lipinski definition) is 2. The van der Waals surface area contributed by atoms with Crippen LogP contribution in [0.2, 0.25) is 0 Å². The number of hydrogen-bond acceptors (Lipinski definition) is 2. The van der Waals surface area contributed by atoms with Crippen LogP contribution < -0.4 is 5.32 Å². The van der Waals surface area contributed by atoms with E-state index in [2.05, 4.69) is 5.32 Å². The second-order valence-electron chi connectivity index (χ2n) is 4.37. The summed E-state index contributed by atoms with van der Waals surface area (Å²) in [5, 5.41) is 11.7. The summed E-state index contributed by atoms with van der Waals surface area (Å²) >= 11 is 0. The standard InChI is InChI=1S/C15H12F3NO2/c16-11-6-10(7-12(17)14(11)18)15(21)19-13(8-20)9-4-2-1-3-5-9/h1-7,13,20H,8H2,(H,19,21)/t13-/m0/s1. The summed E-state index contributed by atoms with van der Waals surface area (Å²) in [5.41, 5.74) is 0.275. The van der Waals surface area contributed by atoms with Gasteiger partial charge in [-0.2, -0.15) is 0 Å². The molecule has 2 aromatic rings. The van der Waals surface area contributed by atoms with Crippen LogP contribution in [-0.2, 0) is 0 Å². The lowest BCUT2D eigenvalue weighted by Crippen LogP contribution is -2.31. The van der Waals surface area contributed by atoms with E-state index in [0.717, 1.165) is 0 Å². The second-order valence-corrected chi connectivity index (χ2v) is 4.37. The number of carbonyl (C=O) groups is 1. The number of nitrogens with one attached hydrogen (secondary N) is 1. The number of aliphatic hydroxyl groups is 1. The van der Waals surface area contributed by atoms with Gasteiger partial charge in [0.2, 0.25) is 0 Å². The number of halogens is 3. The van der Waals surface area contributed by atoms with Crippen molar-refractivity contribution in [2.75, 3.05) is 6.61 Å². The van der Waals surface area contributed by atoms with Crippen molar-refractivity contribution in [3.05, 3.63) is 71.0 Å². The van der Waals surface area contributed by atoms with Crippen LogP contribution in [-0.4, -0.2) is 17.6 Å². The fourth-order valence-corrected chi connectivity index (χ4v) is 1.85. The molecule has 0 saturated heterocycles. The quantitative estimate of drug-likeness (QED) is 0.852. The third-order valence-corrected chi connectivity index (χ3v) is 2.94. The zero-order chi connectivity index (χ0) is 15.4. The molecule has 0 unspecified atom stereocenters. The monoisotopic (exact) mass is 295 g/mol. The maximum atomic E-state index is 13.1. The lowest BCUT2D eigenvalue weighted by Gasteiger charge is -2.16. The fraction of sp³-hybridized carbons (Fsp3) is 0.133. The highest BCUT2D eigenvalue weighted by atomic mass is 19.2. The molecule has 0 saturated carbocycles. The predicted molar refractivity (Wildman–Crippen MR) is 70.1 cm³/mol. The van der Waals surface area contributed by atoms with Crippen molar-refractivity contribution in [1.82, 2.24) is 5.32 Å². The van der Waals surface area contributed by atoms with Crippen molar-refractivity contribution < 1.29 is 23.1 Å². The molecule has 0 radical (unpaired) electrons. The SMILES string of the molecule is O=C(N[C@@H](CO)c1ccccc1)c1cc(F)c(F)c(F)c1. The molecule has 3 nitrogen and oxygen atoms in total. The molecule has 0 aromatic heterocycles. The van der Waals surface area contributed by atoms with Gasteiger partial charge in [-0.25, -0.2) is 13.2 Å². The zero-order valence-electron chi connectivity index (χ0n) is 10.8. The van der Waals surface area contributed by atoms with Crippen LogP contribution in [0.3, 0.4) is 0 Å². The maximum absolute atomic E-state index is 13.1. The Hall–Kier alpha value is -2.34. The average Bonchev–Trinajstić information content (AvgIpc) is 2.50. The van der Waals surface area contributed by atoms with Crippen molar-refractivity contribution in [3.63, 3.8) is 0 Å². The van der Waals surface area contributed by atoms with Gasteiger partial charge < -0.3 is 10.4 Å². The summed E-state index contributed by atoms with van der Waals surface area (Å²) in [4.78, 5) is 11.9. The first kappa shape index (κ1) is 15.1. The number of rotatable bonds is 4. The average molecular weight is 295 g/mol. The van der Waals surface area contributed by atoms with E-state index in [0.29, 0.717) is 17.7 Å². The van der Waals surface area contributed by atoms with Crippen molar-refractivity contribution in [2.45, 2.75) is 6.04 Å². The van der Waals surface area contributed by atoms with Crippen LogP contribution in [0.4, 0.5) is 13.2 Å². The number of amides is 1. The third kappa shape index (κ3) is 3.41. The van der Waals surface area contributed by atoms with Crippen molar-refractivity contribution in [1.29, 1.82) is 0 Å². The highest BCUT2D eigenvalue weighted by Crippen LogP contribution is 2.16. The Kier molecular flexibility index (Phi) is 4.59. The molecule has 0 fully saturated rings. The van der Waals surface area contributed by atoms with E-state index in [4.69, 9.17) is 0 Å². The summed E-state index contributed by atoms with van der Waals surface area (Å²) in [7, 11) is 0. The third-order valence-electron chi connectivity index (χ3n) is 2.94. The summed E-state index contributed by atoms with van der Waals surface area (Å²) in [6.07, 6.45) is 0. The Morgan fingerprint density at radius 3 is 2.19 bits per heavy atom. The minimum atomic E-state index is -1.63. The Balaban J connectivity index is 2.21. The van der Waals surface area contributed by atoms with Crippen LogP contribution in [0, 0.1) is 17.5 Å². The minimum Gasteiger partial charge on any atom is -0.394 e. The second kappa shape index (κ2) is 6.41. The molecule has 0 aliphatic carbocycles. The largest absolute Gasteiger partial charge is 0.394 e. The topological polar surface area (TPSA) is 49.3 Å².